The molecule has 2 aromatic heterocycles. The van der Waals surface area contributed by atoms with Gasteiger partial charge in [-0.05, 0) is 42.5 Å². The van der Waals surface area contributed by atoms with E-state index >= 15 is 0 Å². The third-order valence-electron chi connectivity index (χ3n) is 4.75. The average molecular weight is 347 g/mol. The Labute approximate surface area is 141 Å². The Kier molecular flexibility index (Phi) is 3.32. The molecule has 1 aromatic carbocycles. The minimum atomic E-state index is -4.49. The van der Waals surface area contributed by atoms with Gasteiger partial charge in [0, 0.05) is 12.1 Å². The summed E-state index contributed by atoms with van der Waals surface area (Å²) in [5.41, 5.74) is 1.15. The molecule has 0 aliphatic heterocycles. The van der Waals surface area contributed by atoms with Crippen molar-refractivity contribution in [2.45, 2.75) is 32.5 Å². The molecular weight excluding hydrogens is 331 g/mol. The maximum atomic E-state index is 12.8. The lowest BCUT2D eigenvalue weighted by Crippen LogP contribution is -2.20. The number of aromatic nitrogens is 3. The molecule has 130 valence electrons. The highest BCUT2D eigenvalue weighted by Crippen LogP contribution is 2.46. The van der Waals surface area contributed by atoms with Crippen LogP contribution in [0.1, 0.15) is 25.5 Å². The number of fused-ring (bicyclic) bond motifs is 1. The quantitative estimate of drug-likeness (QED) is 0.772. The molecule has 25 heavy (non-hydrogen) atoms. The standard InChI is InChI=1S/C18H16F3N3O/c1-17(7-8-17)10-24-14-6-5-11(9-13(14)23-16(24)25)12-3-2-4-15(22-12)18(19,20)21/h2-6,9H,7-8,10H2,1H3,(H,23,25). The zero-order valence-corrected chi connectivity index (χ0v) is 13.5. The number of H-pyrrole nitrogens is 1. The number of hydrogen-bond donors (Lipinski definition) is 1. The number of benzene rings is 1. The molecule has 0 saturated heterocycles. The Morgan fingerprint density at radius 2 is 2.00 bits per heavy atom. The van der Waals surface area contributed by atoms with Crippen LogP contribution in [0.3, 0.4) is 0 Å². The molecule has 2 heterocycles. The van der Waals surface area contributed by atoms with E-state index in [0.29, 0.717) is 17.6 Å². The van der Waals surface area contributed by atoms with E-state index in [4.69, 9.17) is 0 Å². The molecule has 1 aliphatic carbocycles. The van der Waals surface area contributed by atoms with Crippen molar-refractivity contribution < 1.29 is 13.2 Å². The fourth-order valence-corrected chi connectivity index (χ4v) is 2.99. The Morgan fingerprint density at radius 1 is 1.24 bits per heavy atom. The highest BCUT2D eigenvalue weighted by Gasteiger charge is 2.38. The predicted octanol–water partition coefficient (Wildman–Crippen LogP) is 4.21. The first-order valence-corrected chi connectivity index (χ1v) is 8.02. The topological polar surface area (TPSA) is 50.7 Å². The Balaban J connectivity index is 1.76. The summed E-state index contributed by atoms with van der Waals surface area (Å²) in [6, 6.07) is 8.93. The molecule has 0 spiro atoms. The molecule has 1 fully saturated rings. The number of nitrogens with one attached hydrogen (secondary N) is 1. The fourth-order valence-electron chi connectivity index (χ4n) is 2.99. The van der Waals surface area contributed by atoms with Gasteiger partial charge in [0.1, 0.15) is 5.69 Å². The zero-order valence-electron chi connectivity index (χ0n) is 13.5. The first kappa shape index (κ1) is 15.9. The minimum absolute atomic E-state index is 0.167. The van der Waals surface area contributed by atoms with E-state index in [1.54, 1.807) is 22.8 Å². The minimum Gasteiger partial charge on any atom is -0.306 e. The Bertz CT molecular complexity index is 1010. The molecule has 1 N–H and O–H groups in total. The molecule has 1 aliphatic rings. The predicted molar refractivity (Wildman–Crippen MR) is 88.1 cm³/mol. The highest BCUT2D eigenvalue weighted by molar-refractivity contribution is 5.81. The molecule has 0 atom stereocenters. The van der Waals surface area contributed by atoms with Crippen LogP contribution in [0.2, 0.25) is 0 Å². The summed E-state index contributed by atoms with van der Waals surface area (Å²) in [5.74, 6) is 0. The average Bonchev–Trinajstić information content (AvgIpc) is 3.21. The van der Waals surface area contributed by atoms with E-state index < -0.39 is 11.9 Å². The van der Waals surface area contributed by atoms with Gasteiger partial charge < -0.3 is 4.98 Å². The van der Waals surface area contributed by atoms with Crippen LogP contribution >= 0.6 is 0 Å². The van der Waals surface area contributed by atoms with Crippen molar-refractivity contribution >= 4 is 11.0 Å². The third kappa shape index (κ3) is 2.94. The lowest BCUT2D eigenvalue weighted by atomic mass is 10.1. The second-order valence-electron chi connectivity index (χ2n) is 6.96. The summed E-state index contributed by atoms with van der Waals surface area (Å²) in [5, 5.41) is 0. The van der Waals surface area contributed by atoms with Crippen LogP contribution in [-0.4, -0.2) is 14.5 Å². The van der Waals surface area contributed by atoms with Crippen LogP contribution in [0.4, 0.5) is 13.2 Å². The summed E-state index contributed by atoms with van der Waals surface area (Å²) >= 11 is 0. The fraction of sp³-hybridized carbons (Fsp3) is 0.333. The summed E-state index contributed by atoms with van der Waals surface area (Å²) in [6.07, 6.45) is -2.30. The smallest absolute Gasteiger partial charge is 0.306 e. The molecule has 0 amide bonds. The number of imidazole rings is 1. The first-order chi connectivity index (χ1) is 11.8. The van der Waals surface area contributed by atoms with E-state index in [0.717, 1.165) is 24.4 Å². The van der Waals surface area contributed by atoms with Gasteiger partial charge in [0.2, 0.25) is 0 Å². The number of hydrogen-bond acceptors (Lipinski definition) is 2. The molecular formula is C18H16F3N3O. The molecule has 1 saturated carbocycles. The summed E-state index contributed by atoms with van der Waals surface area (Å²) in [7, 11) is 0. The Morgan fingerprint density at radius 3 is 2.68 bits per heavy atom. The van der Waals surface area contributed by atoms with E-state index in [9.17, 15) is 18.0 Å². The third-order valence-corrected chi connectivity index (χ3v) is 4.75. The molecule has 0 radical (unpaired) electrons. The summed E-state index contributed by atoms with van der Waals surface area (Å²) < 4.78 is 40.2. The monoisotopic (exact) mass is 347 g/mol. The second kappa shape index (κ2) is 5.21. The number of alkyl halides is 3. The number of halogens is 3. The van der Waals surface area contributed by atoms with Gasteiger partial charge in [-0.25, -0.2) is 9.78 Å². The van der Waals surface area contributed by atoms with Gasteiger partial charge in [-0.3, -0.25) is 4.57 Å². The van der Waals surface area contributed by atoms with Gasteiger partial charge >= 0.3 is 11.9 Å². The van der Waals surface area contributed by atoms with Crippen LogP contribution in [0.15, 0.2) is 41.2 Å². The van der Waals surface area contributed by atoms with Gasteiger partial charge in [0.15, 0.2) is 0 Å². The molecule has 0 bridgehead atoms. The van der Waals surface area contributed by atoms with Crippen molar-refractivity contribution in [1.29, 1.82) is 0 Å². The second-order valence-corrected chi connectivity index (χ2v) is 6.96. The van der Waals surface area contributed by atoms with E-state index in [2.05, 4.69) is 16.9 Å². The Hall–Kier alpha value is -2.57. The number of aromatic amines is 1. The molecule has 4 rings (SSSR count). The van der Waals surface area contributed by atoms with Crippen LogP contribution < -0.4 is 5.69 Å². The van der Waals surface area contributed by atoms with Crippen molar-refractivity contribution in [3.63, 3.8) is 0 Å². The first-order valence-electron chi connectivity index (χ1n) is 8.02. The largest absolute Gasteiger partial charge is 0.433 e. The number of rotatable bonds is 3. The van der Waals surface area contributed by atoms with Gasteiger partial charge in [-0.1, -0.05) is 19.1 Å². The van der Waals surface area contributed by atoms with Crippen molar-refractivity contribution in [3.05, 3.63) is 52.6 Å². The van der Waals surface area contributed by atoms with E-state index in [1.165, 1.54) is 12.1 Å². The SMILES string of the molecule is CC1(Cn2c(=O)[nH]c3cc(-c4cccc(C(F)(F)F)n4)ccc32)CC1. The van der Waals surface area contributed by atoms with Crippen LogP contribution in [-0.2, 0) is 12.7 Å². The van der Waals surface area contributed by atoms with Crippen molar-refractivity contribution in [2.75, 3.05) is 0 Å². The van der Waals surface area contributed by atoms with Gasteiger partial charge in [0.25, 0.3) is 0 Å². The molecule has 4 nitrogen and oxygen atoms in total. The van der Waals surface area contributed by atoms with Crippen LogP contribution in [0.5, 0.6) is 0 Å². The van der Waals surface area contributed by atoms with Crippen LogP contribution in [0.25, 0.3) is 22.3 Å². The number of nitrogens with zero attached hydrogens (tertiary/aromatic N) is 2. The lowest BCUT2D eigenvalue weighted by Gasteiger charge is -2.10. The normalized spacial score (nSPS) is 16.3. The van der Waals surface area contributed by atoms with Crippen molar-refractivity contribution in [2.24, 2.45) is 5.41 Å². The lowest BCUT2D eigenvalue weighted by molar-refractivity contribution is -0.141. The maximum Gasteiger partial charge on any atom is 0.433 e. The van der Waals surface area contributed by atoms with Crippen molar-refractivity contribution in [1.82, 2.24) is 14.5 Å². The highest BCUT2D eigenvalue weighted by atomic mass is 19.4. The maximum absolute atomic E-state index is 12.8. The molecule has 7 heteroatoms. The van der Waals surface area contributed by atoms with E-state index in [1.807, 2.05) is 0 Å². The van der Waals surface area contributed by atoms with Crippen LogP contribution in [0, 0.1) is 5.41 Å². The molecule has 3 aromatic rings. The van der Waals surface area contributed by atoms with Gasteiger partial charge in [0.05, 0.1) is 16.7 Å². The summed E-state index contributed by atoms with van der Waals surface area (Å²) in [6.45, 7) is 2.78. The summed E-state index contributed by atoms with van der Waals surface area (Å²) in [4.78, 5) is 18.7. The molecule has 0 unspecified atom stereocenters. The van der Waals surface area contributed by atoms with Crippen molar-refractivity contribution in [3.8, 4) is 11.3 Å². The van der Waals surface area contributed by atoms with Gasteiger partial charge in [-0.15, -0.1) is 0 Å². The van der Waals surface area contributed by atoms with E-state index in [-0.39, 0.29) is 16.8 Å². The number of pyridine rings is 1. The van der Waals surface area contributed by atoms with Gasteiger partial charge in [-0.2, -0.15) is 13.2 Å². The zero-order chi connectivity index (χ0) is 17.8.